The lowest BCUT2D eigenvalue weighted by molar-refractivity contribution is 0.240. The lowest BCUT2D eigenvalue weighted by Gasteiger charge is -2.33. The second-order valence-corrected chi connectivity index (χ2v) is 11.8. The topological polar surface area (TPSA) is 87.7 Å². The normalized spacial score (nSPS) is 16.0. The number of benzene rings is 2. The first-order valence-corrected chi connectivity index (χ1v) is 12.9. The third-order valence-corrected chi connectivity index (χ3v) is 5.96. The van der Waals surface area contributed by atoms with Crippen molar-refractivity contribution in [2.45, 2.75) is 45.6 Å². The molecular formula is C26H33N3O4S. The van der Waals surface area contributed by atoms with Crippen LogP contribution in [0.4, 0.5) is 16.2 Å². The molecule has 34 heavy (non-hydrogen) atoms. The van der Waals surface area contributed by atoms with E-state index in [4.69, 9.17) is 4.74 Å². The van der Waals surface area contributed by atoms with Crippen LogP contribution in [0.1, 0.15) is 51.3 Å². The Labute approximate surface area is 202 Å². The Balaban J connectivity index is 2.04. The number of hydrogen-bond acceptors (Lipinski definition) is 4. The number of methoxy groups -OCH3 is 1. The molecule has 2 aromatic carbocycles. The van der Waals surface area contributed by atoms with Crippen LogP contribution >= 0.6 is 0 Å². The summed E-state index contributed by atoms with van der Waals surface area (Å²) < 4.78 is 31.1. The highest BCUT2D eigenvalue weighted by molar-refractivity contribution is 7.92. The van der Waals surface area contributed by atoms with Gasteiger partial charge in [0.2, 0.25) is 10.0 Å². The van der Waals surface area contributed by atoms with Gasteiger partial charge in [-0.25, -0.2) is 13.2 Å². The first kappa shape index (κ1) is 25.4. The third-order valence-electron chi connectivity index (χ3n) is 5.35. The van der Waals surface area contributed by atoms with E-state index in [9.17, 15) is 13.2 Å². The lowest BCUT2D eigenvalue weighted by atomic mass is 9.84. The van der Waals surface area contributed by atoms with Gasteiger partial charge in [0, 0.05) is 23.0 Å². The number of nitrogens with one attached hydrogen (secondary N) is 2. The van der Waals surface area contributed by atoms with E-state index in [-0.39, 0.29) is 11.4 Å². The maximum Gasteiger partial charge on any atom is 0.326 e. The van der Waals surface area contributed by atoms with Gasteiger partial charge in [0.05, 0.1) is 24.6 Å². The Morgan fingerprint density at radius 3 is 2.26 bits per heavy atom. The van der Waals surface area contributed by atoms with Crippen LogP contribution in [0.2, 0.25) is 0 Å². The van der Waals surface area contributed by atoms with Gasteiger partial charge in [-0.15, -0.1) is 0 Å². The second-order valence-electron chi connectivity index (χ2n) is 10.0. The molecule has 0 bridgehead atoms. The quantitative estimate of drug-likeness (QED) is 0.542. The van der Waals surface area contributed by atoms with E-state index >= 15 is 0 Å². The summed E-state index contributed by atoms with van der Waals surface area (Å²) in [6, 6.07) is 10.8. The van der Waals surface area contributed by atoms with Crippen LogP contribution in [0.15, 0.2) is 48.7 Å². The first-order chi connectivity index (χ1) is 15.7. The van der Waals surface area contributed by atoms with Crippen molar-refractivity contribution in [2.24, 2.45) is 0 Å². The average molecular weight is 484 g/mol. The molecule has 1 aliphatic heterocycles. The average Bonchev–Trinajstić information content (AvgIpc) is 2.70. The molecule has 182 valence electrons. The van der Waals surface area contributed by atoms with Gasteiger partial charge in [-0.2, -0.15) is 0 Å². The summed E-state index contributed by atoms with van der Waals surface area (Å²) >= 11 is 0. The van der Waals surface area contributed by atoms with Gasteiger partial charge >= 0.3 is 6.03 Å². The van der Waals surface area contributed by atoms with Crippen molar-refractivity contribution >= 4 is 39.6 Å². The largest absolute Gasteiger partial charge is 0.496 e. The van der Waals surface area contributed by atoms with Gasteiger partial charge < -0.3 is 10.1 Å². The van der Waals surface area contributed by atoms with Crippen molar-refractivity contribution in [1.82, 2.24) is 5.32 Å². The number of amides is 2. The van der Waals surface area contributed by atoms with E-state index in [1.807, 2.05) is 56.3 Å². The molecule has 2 amide bonds. The highest BCUT2D eigenvalue weighted by Gasteiger charge is 2.29. The molecule has 0 atom stereocenters. The molecule has 0 saturated heterocycles. The molecule has 7 nitrogen and oxygen atoms in total. The van der Waals surface area contributed by atoms with Crippen LogP contribution in [-0.4, -0.2) is 33.4 Å². The van der Waals surface area contributed by atoms with Gasteiger partial charge in [-0.1, -0.05) is 45.1 Å². The fourth-order valence-corrected chi connectivity index (χ4v) is 4.22. The Bertz CT molecular complexity index is 1240. The number of nitrogens with zero attached hydrogens (tertiary/aromatic N) is 1. The standard InChI is InChI=1S/C26H33N3O4S/c1-25(2,3)22-17-21(29-15-14-26(4,5)27-24(29)30)16-19(23(22)33-6)11-8-18-9-12-20(13-10-18)28-34(7,31)32/h8-17,28H,1-7H3,(H,27,30). The molecule has 2 N–H and O–H groups in total. The molecule has 3 rings (SSSR count). The number of urea groups is 1. The fraction of sp³-hybridized carbons (Fsp3) is 0.346. The zero-order valence-corrected chi connectivity index (χ0v) is 21.6. The molecule has 0 radical (unpaired) electrons. The van der Waals surface area contributed by atoms with Gasteiger partial charge in [0.15, 0.2) is 0 Å². The summed E-state index contributed by atoms with van der Waals surface area (Å²) in [6.07, 6.45) is 8.73. The minimum Gasteiger partial charge on any atom is -0.496 e. The number of hydrogen-bond donors (Lipinski definition) is 2. The molecule has 1 aliphatic rings. The molecule has 0 aliphatic carbocycles. The summed E-state index contributed by atoms with van der Waals surface area (Å²) in [5.41, 5.74) is 3.30. The Morgan fingerprint density at radius 1 is 1.09 bits per heavy atom. The van der Waals surface area contributed by atoms with Crippen molar-refractivity contribution in [1.29, 1.82) is 0 Å². The molecule has 0 saturated carbocycles. The molecule has 0 unspecified atom stereocenters. The van der Waals surface area contributed by atoms with Crippen LogP contribution in [0.25, 0.3) is 12.2 Å². The second kappa shape index (κ2) is 9.18. The Kier molecular flexibility index (Phi) is 6.85. The van der Waals surface area contributed by atoms with Gasteiger partial charge in [0.25, 0.3) is 0 Å². The highest BCUT2D eigenvalue weighted by Crippen LogP contribution is 2.39. The van der Waals surface area contributed by atoms with Crippen LogP contribution in [0.5, 0.6) is 5.75 Å². The van der Waals surface area contributed by atoms with Crippen molar-refractivity contribution in [3.8, 4) is 5.75 Å². The van der Waals surface area contributed by atoms with E-state index in [2.05, 4.69) is 30.8 Å². The SMILES string of the molecule is COc1c(C=Cc2ccc(NS(C)(=O)=O)cc2)cc(N2C=CC(C)(C)NC2=O)cc1C(C)(C)C. The van der Waals surface area contributed by atoms with Gasteiger partial charge in [-0.3, -0.25) is 9.62 Å². The third kappa shape index (κ3) is 6.20. The monoisotopic (exact) mass is 483 g/mol. The van der Waals surface area contributed by atoms with E-state index in [1.54, 1.807) is 30.3 Å². The molecule has 0 fully saturated rings. The predicted octanol–water partition coefficient (Wildman–Crippen LogP) is 5.36. The number of sulfonamides is 1. The van der Waals surface area contributed by atoms with E-state index < -0.39 is 15.6 Å². The van der Waals surface area contributed by atoms with Crippen molar-refractivity contribution in [2.75, 3.05) is 23.0 Å². The number of carbonyl (C=O) groups is 1. The highest BCUT2D eigenvalue weighted by atomic mass is 32.2. The van der Waals surface area contributed by atoms with Gasteiger partial charge in [-0.05, 0) is 55.2 Å². The van der Waals surface area contributed by atoms with Crippen LogP contribution in [0, 0.1) is 0 Å². The zero-order valence-electron chi connectivity index (χ0n) is 20.8. The smallest absolute Gasteiger partial charge is 0.326 e. The maximum atomic E-state index is 12.8. The zero-order chi connectivity index (χ0) is 25.3. The van der Waals surface area contributed by atoms with Crippen LogP contribution in [0.3, 0.4) is 0 Å². The lowest BCUT2D eigenvalue weighted by Crippen LogP contribution is -2.51. The van der Waals surface area contributed by atoms with E-state index in [0.29, 0.717) is 5.69 Å². The predicted molar refractivity (Wildman–Crippen MR) is 140 cm³/mol. The Hall–Kier alpha value is -3.26. The minimum absolute atomic E-state index is 0.193. The number of rotatable bonds is 6. The summed E-state index contributed by atoms with van der Waals surface area (Å²) in [5, 5.41) is 2.99. The molecule has 0 spiro atoms. The van der Waals surface area contributed by atoms with Gasteiger partial charge in [0.1, 0.15) is 5.75 Å². The van der Waals surface area contributed by atoms with Crippen molar-refractivity contribution in [3.63, 3.8) is 0 Å². The molecule has 8 heteroatoms. The Morgan fingerprint density at radius 2 is 1.74 bits per heavy atom. The van der Waals surface area contributed by atoms with Crippen molar-refractivity contribution < 1.29 is 17.9 Å². The van der Waals surface area contributed by atoms with Crippen molar-refractivity contribution in [3.05, 3.63) is 65.4 Å². The summed E-state index contributed by atoms with van der Waals surface area (Å²) in [4.78, 5) is 14.4. The minimum atomic E-state index is -3.33. The maximum absolute atomic E-state index is 12.8. The molecule has 1 heterocycles. The number of anilines is 2. The fourth-order valence-electron chi connectivity index (χ4n) is 3.66. The van der Waals surface area contributed by atoms with E-state index in [1.165, 1.54) is 0 Å². The number of carbonyl (C=O) groups excluding carboxylic acids is 1. The molecule has 0 aromatic heterocycles. The number of ether oxygens (including phenoxy) is 1. The first-order valence-electron chi connectivity index (χ1n) is 11.0. The summed E-state index contributed by atoms with van der Waals surface area (Å²) in [5.74, 6) is 0.740. The van der Waals surface area contributed by atoms with E-state index in [0.717, 1.165) is 34.4 Å². The van der Waals surface area contributed by atoms with Crippen LogP contribution in [-0.2, 0) is 15.4 Å². The summed E-state index contributed by atoms with van der Waals surface area (Å²) in [7, 11) is -1.69. The van der Waals surface area contributed by atoms with Crippen LogP contribution < -0.4 is 19.7 Å². The molecule has 2 aromatic rings. The molecular weight excluding hydrogens is 450 g/mol. The summed E-state index contributed by atoms with van der Waals surface area (Å²) in [6.45, 7) is 10.2.